The zero-order valence-electron chi connectivity index (χ0n) is 6.53. The van der Waals surface area contributed by atoms with Crippen LogP contribution in [0.1, 0.15) is 19.6 Å². The molecular formula is C8H10Br2O. The van der Waals surface area contributed by atoms with Gasteiger partial charge in [-0.1, -0.05) is 29.8 Å². The van der Waals surface area contributed by atoms with E-state index >= 15 is 0 Å². The summed E-state index contributed by atoms with van der Waals surface area (Å²) in [6.45, 7) is 4.26. The van der Waals surface area contributed by atoms with Gasteiger partial charge in [-0.2, -0.15) is 0 Å². The van der Waals surface area contributed by atoms with Crippen molar-refractivity contribution in [2.75, 3.05) is 5.33 Å². The monoisotopic (exact) mass is 280 g/mol. The van der Waals surface area contributed by atoms with Crippen LogP contribution in [0.3, 0.4) is 0 Å². The minimum absolute atomic E-state index is 0.0754. The van der Waals surface area contributed by atoms with Crippen molar-refractivity contribution in [3.8, 4) is 0 Å². The third-order valence-electron chi connectivity index (χ3n) is 1.57. The quantitative estimate of drug-likeness (QED) is 0.753. The lowest BCUT2D eigenvalue weighted by molar-refractivity contribution is 0.415. The molecule has 62 valence electrons. The maximum Gasteiger partial charge on any atom is 0.111 e. The molecular weight excluding hydrogens is 272 g/mol. The molecule has 0 bridgehead atoms. The molecule has 1 heterocycles. The first-order valence-corrected chi connectivity index (χ1v) is 5.28. The van der Waals surface area contributed by atoms with E-state index in [4.69, 9.17) is 4.42 Å². The summed E-state index contributed by atoms with van der Waals surface area (Å²) in [5.41, 5.74) is 0.0754. The second-order valence-electron chi connectivity index (χ2n) is 3.15. The molecule has 0 N–H and O–H groups in total. The molecule has 0 aromatic carbocycles. The van der Waals surface area contributed by atoms with Gasteiger partial charge in [0.25, 0.3) is 0 Å². The molecule has 0 saturated heterocycles. The second kappa shape index (κ2) is 3.31. The zero-order chi connectivity index (χ0) is 8.48. The normalized spacial score (nSPS) is 12.0. The zero-order valence-corrected chi connectivity index (χ0v) is 9.70. The lowest BCUT2D eigenvalue weighted by Crippen LogP contribution is -2.17. The summed E-state index contributed by atoms with van der Waals surface area (Å²) in [7, 11) is 0. The van der Waals surface area contributed by atoms with Crippen molar-refractivity contribution >= 4 is 31.9 Å². The number of rotatable bonds is 2. The first-order chi connectivity index (χ1) is 5.06. The Hall–Kier alpha value is 0.240. The highest BCUT2D eigenvalue weighted by Gasteiger charge is 2.22. The third-order valence-corrected chi connectivity index (χ3v) is 3.39. The van der Waals surface area contributed by atoms with Gasteiger partial charge in [0.2, 0.25) is 0 Å². The van der Waals surface area contributed by atoms with Crippen LogP contribution in [0.15, 0.2) is 21.2 Å². The summed E-state index contributed by atoms with van der Waals surface area (Å²) in [5, 5.41) is 0.903. The molecule has 0 unspecified atom stereocenters. The SMILES string of the molecule is CC(C)(CBr)c1cc(Br)co1. The highest BCUT2D eigenvalue weighted by molar-refractivity contribution is 9.10. The molecule has 0 aliphatic carbocycles. The summed E-state index contributed by atoms with van der Waals surface area (Å²) in [4.78, 5) is 0. The summed E-state index contributed by atoms with van der Waals surface area (Å²) in [6.07, 6.45) is 1.71. The molecule has 11 heavy (non-hydrogen) atoms. The molecule has 0 aliphatic rings. The van der Waals surface area contributed by atoms with Gasteiger partial charge in [0, 0.05) is 10.7 Å². The predicted octanol–water partition coefficient (Wildman–Crippen LogP) is 3.71. The molecule has 0 radical (unpaired) electrons. The fraction of sp³-hybridized carbons (Fsp3) is 0.500. The lowest BCUT2D eigenvalue weighted by atomic mass is 9.93. The number of hydrogen-bond donors (Lipinski definition) is 0. The Labute approximate surface area is 83.4 Å². The molecule has 0 fully saturated rings. The van der Waals surface area contributed by atoms with Gasteiger partial charge >= 0.3 is 0 Å². The van der Waals surface area contributed by atoms with Crippen LogP contribution in [0.2, 0.25) is 0 Å². The van der Waals surface area contributed by atoms with Crippen LogP contribution in [-0.2, 0) is 5.41 Å². The Morgan fingerprint density at radius 3 is 2.55 bits per heavy atom. The van der Waals surface area contributed by atoms with Crippen LogP contribution in [0.5, 0.6) is 0 Å². The van der Waals surface area contributed by atoms with Gasteiger partial charge in [0.1, 0.15) is 12.0 Å². The van der Waals surface area contributed by atoms with E-state index < -0.39 is 0 Å². The van der Waals surface area contributed by atoms with E-state index in [0.29, 0.717) is 0 Å². The fourth-order valence-electron chi connectivity index (χ4n) is 0.734. The summed E-state index contributed by atoms with van der Waals surface area (Å²) >= 11 is 6.79. The van der Waals surface area contributed by atoms with Crippen molar-refractivity contribution in [2.24, 2.45) is 0 Å². The van der Waals surface area contributed by atoms with Gasteiger partial charge < -0.3 is 4.42 Å². The molecule has 1 nitrogen and oxygen atoms in total. The average Bonchev–Trinajstić information content (AvgIpc) is 2.36. The van der Waals surface area contributed by atoms with Crippen molar-refractivity contribution in [1.82, 2.24) is 0 Å². The van der Waals surface area contributed by atoms with Crippen LogP contribution < -0.4 is 0 Å². The topological polar surface area (TPSA) is 13.1 Å². The van der Waals surface area contributed by atoms with Crippen LogP contribution >= 0.6 is 31.9 Å². The first kappa shape index (κ1) is 9.33. The summed E-state index contributed by atoms with van der Waals surface area (Å²) in [5.74, 6) is 1.00. The molecule has 1 rings (SSSR count). The smallest absolute Gasteiger partial charge is 0.111 e. The molecule has 0 aliphatic heterocycles. The van der Waals surface area contributed by atoms with Gasteiger partial charge in [0.15, 0.2) is 0 Å². The van der Waals surface area contributed by atoms with E-state index in [1.165, 1.54) is 0 Å². The van der Waals surface area contributed by atoms with Gasteiger partial charge in [-0.15, -0.1) is 0 Å². The van der Waals surface area contributed by atoms with E-state index in [2.05, 4.69) is 45.7 Å². The van der Waals surface area contributed by atoms with Crippen LogP contribution in [0.4, 0.5) is 0 Å². The van der Waals surface area contributed by atoms with Gasteiger partial charge in [-0.3, -0.25) is 0 Å². The first-order valence-electron chi connectivity index (χ1n) is 3.37. The van der Waals surface area contributed by atoms with Crippen molar-refractivity contribution in [2.45, 2.75) is 19.3 Å². The van der Waals surface area contributed by atoms with E-state index in [9.17, 15) is 0 Å². The van der Waals surface area contributed by atoms with Gasteiger partial charge in [0.05, 0.1) is 4.47 Å². The molecule has 3 heteroatoms. The maximum absolute atomic E-state index is 5.34. The van der Waals surface area contributed by atoms with Crippen LogP contribution in [0.25, 0.3) is 0 Å². The second-order valence-corrected chi connectivity index (χ2v) is 4.62. The Balaban J connectivity index is 2.92. The number of halogens is 2. The molecule has 0 spiro atoms. The summed E-state index contributed by atoms with van der Waals surface area (Å²) in [6, 6.07) is 2.00. The Morgan fingerprint density at radius 2 is 2.18 bits per heavy atom. The van der Waals surface area contributed by atoms with Crippen LogP contribution in [-0.4, -0.2) is 5.33 Å². The van der Waals surface area contributed by atoms with Crippen molar-refractivity contribution < 1.29 is 4.42 Å². The minimum Gasteiger partial charge on any atom is -0.468 e. The fourth-order valence-corrected chi connectivity index (χ4v) is 1.31. The Kier molecular flexibility index (Phi) is 2.81. The Bertz CT molecular complexity index is 240. The Morgan fingerprint density at radius 1 is 1.55 bits per heavy atom. The van der Waals surface area contributed by atoms with Crippen molar-refractivity contribution in [3.63, 3.8) is 0 Å². The standard InChI is InChI=1S/C8H10Br2O/c1-8(2,5-9)7-3-6(10)4-11-7/h3-4H,5H2,1-2H3. The third kappa shape index (κ3) is 2.09. The van der Waals surface area contributed by atoms with Gasteiger partial charge in [-0.25, -0.2) is 0 Å². The average molecular weight is 282 g/mol. The largest absolute Gasteiger partial charge is 0.468 e. The highest BCUT2D eigenvalue weighted by atomic mass is 79.9. The molecule has 0 saturated carbocycles. The molecule has 1 aromatic heterocycles. The van der Waals surface area contributed by atoms with Gasteiger partial charge in [-0.05, 0) is 22.0 Å². The van der Waals surface area contributed by atoms with Crippen molar-refractivity contribution in [1.29, 1.82) is 0 Å². The highest BCUT2D eigenvalue weighted by Crippen LogP contribution is 2.28. The summed E-state index contributed by atoms with van der Waals surface area (Å²) < 4.78 is 6.34. The molecule has 1 aromatic rings. The predicted molar refractivity (Wildman–Crippen MR) is 53.2 cm³/mol. The molecule has 0 atom stereocenters. The van der Waals surface area contributed by atoms with E-state index in [1.807, 2.05) is 6.07 Å². The lowest BCUT2D eigenvalue weighted by Gasteiger charge is -2.17. The maximum atomic E-state index is 5.34. The number of furan rings is 1. The van der Waals surface area contributed by atoms with E-state index in [1.54, 1.807) is 6.26 Å². The van der Waals surface area contributed by atoms with Crippen LogP contribution in [0, 0.1) is 0 Å². The van der Waals surface area contributed by atoms with E-state index in [-0.39, 0.29) is 5.41 Å². The number of alkyl halides is 1. The number of hydrogen-bond acceptors (Lipinski definition) is 1. The minimum atomic E-state index is 0.0754. The van der Waals surface area contributed by atoms with E-state index in [0.717, 1.165) is 15.6 Å². The van der Waals surface area contributed by atoms with Crippen molar-refractivity contribution in [3.05, 3.63) is 22.6 Å². The molecule has 0 amide bonds.